The minimum atomic E-state index is -5.25. The first-order chi connectivity index (χ1) is 8.59. The standard InChI is InChI=1S/C11H7BrF6O/c12-5-4-8(19)6-2-1-3-7(10(13,14)15)9(6)11(16,17)18/h1-3H,4-5H2. The molecule has 0 aromatic heterocycles. The van der Waals surface area contributed by atoms with Gasteiger partial charge in [-0.2, -0.15) is 26.3 Å². The number of rotatable bonds is 3. The third-order valence-corrected chi connectivity index (χ3v) is 2.67. The Hall–Kier alpha value is -1.05. The van der Waals surface area contributed by atoms with Crippen molar-refractivity contribution in [2.45, 2.75) is 18.8 Å². The Morgan fingerprint density at radius 1 is 1.05 bits per heavy atom. The van der Waals surface area contributed by atoms with Gasteiger partial charge < -0.3 is 0 Å². The van der Waals surface area contributed by atoms with Crippen molar-refractivity contribution in [1.29, 1.82) is 0 Å². The van der Waals surface area contributed by atoms with Gasteiger partial charge in [-0.05, 0) is 6.07 Å². The molecule has 19 heavy (non-hydrogen) atoms. The van der Waals surface area contributed by atoms with Gasteiger partial charge in [-0.1, -0.05) is 28.1 Å². The van der Waals surface area contributed by atoms with E-state index in [4.69, 9.17) is 0 Å². The first kappa shape index (κ1) is 16.0. The van der Waals surface area contributed by atoms with Crippen LogP contribution in [0.1, 0.15) is 27.9 Å². The molecule has 0 bridgehead atoms. The summed E-state index contributed by atoms with van der Waals surface area (Å²) in [6.45, 7) is 0. The number of hydrogen-bond acceptors (Lipinski definition) is 1. The predicted molar refractivity (Wildman–Crippen MR) is 59.2 cm³/mol. The maximum Gasteiger partial charge on any atom is 0.417 e. The molecule has 0 aliphatic heterocycles. The normalized spacial score (nSPS) is 12.6. The van der Waals surface area contributed by atoms with E-state index in [2.05, 4.69) is 15.9 Å². The SMILES string of the molecule is O=C(CCBr)c1cccc(C(F)(F)F)c1C(F)(F)F. The molecule has 8 heteroatoms. The van der Waals surface area contributed by atoms with E-state index in [0.717, 1.165) is 12.1 Å². The fourth-order valence-corrected chi connectivity index (χ4v) is 1.91. The molecule has 1 nitrogen and oxygen atoms in total. The summed E-state index contributed by atoms with van der Waals surface area (Å²) in [5.41, 5.74) is -4.73. The molecule has 0 aliphatic carbocycles. The van der Waals surface area contributed by atoms with Gasteiger partial charge in [-0.3, -0.25) is 4.79 Å². The van der Waals surface area contributed by atoms with Gasteiger partial charge >= 0.3 is 12.4 Å². The number of Topliss-reactive ketones (excluding diaryl/α,β-unsaturated/α-hetero) is 1. The molecule has 0 amide bonds. The molecule has 106 valence electrons. The van der Waals surface area contributed by atoms with Crippen molar-refractivity contribution in [3.63, 3.8) is 0 Å². The highest BCUT2D eigenvalue weighted by Crippen LogP contribution is 2.42. The van der Waals surface area contributed by atoms with Crippen molar-refractivity contribution in [2.75, 3.05) is 5.33 Å². The number of hydrogen-bond donors (Lipinski definition) is 0. The Balaban J connectivity index is 3.53. The first-order valence-electron chi connectivity index (χ1n) is 4.95. The van der Waals surface area contributed by atoms with Crippen LogP contribution in [0.2, 0.25) is 0 Å². The third kappa shape index (κ3) is 3.71. The fraction of sp³-hybridized carbons (Fsp3) is 0.364. The van der Waals surface area contributed by atoms with Crippen LogP contribution in [0.15, 0.2) is 18.2 Å². The molecule has 0 saturated heterocycles. The zero-order chi connectivity index (χ0) is 14.8. The number of carbonyl (C=O) groups is 1. The van der Waals surface area contributed by atoms with Crippen LogP contribution in [0.25, 0.3) is 0 Å². The molecule has 0 saturated carbocycles. The second kappa shape index (κ2) is 5.52. The van der Waals surface area contributed by atoms with E-state index in [1.165, 1.54) is 0 Å². The van der Waals surface area contributed by atoms with E-state index >= 15 is 0 Å². The summed E-state index contributed by atoms with van der Waals surface area (Å²) < 4.78 is 76.1. The fourth-order valence-electron chi connectivity index (χ4n) is 1.55. The molecule has 1 aromatic carbocycles. The zero-order valence-corrected chi connectivity index (χ0v) is 10.8. The quantitative estimate of drug-likeness (QED) is 0.440. The number of ketones is 1. The van der Waals surface area contributed by atoms with Gasteiger partial charge in [0.15, 0.2) is 5.78 Å². The predicted octanol–water partition coefficient (Wildman–Crippen LogP) is 4.69. The average molecular weight is 349 g/mol. The summed E-state index contributed by atoms with van der Waals surface area (Å²) in [5.74, 6) is -0.990. The average Bonchev–Trinajstić information content (AvgIpc) is 2.26. The van der Waals surface area contributed by atoms with Gasteiger partial charge in [0.2, 0.25) is 0 Å². The van der Waals surface area contributed by atoms with Gasteiger partial charge in [-0.15, -0.1) is 0 Å². The number of benzene rings is 1. The molecular formula is C11H7BrF6O. The van der Waals surface area contributed by atoms with Crippen LogP contribution in [-0.2, 0) is 12.4 Å². The second-order valence-corrected chi connectivity index (χ2v) is 4.38. The van der Waals surface area contributed by atoms with Gasteiger partial charge in [0.25, 0.3) is 0 Å². The van der Waals surface area contributed by atoms with Crippen molar-refractivity contribution in [3.05, 3.63) is 34.9 Å². The third-order valence-electron chi connectivity index (χ3n) is 2.28. The topological polar surface area (TPSA) is 17.1 Å². The van der Waals surface area contributed by atoms with E-state index < -0.39 is 34.8 Å². The molecule has 0 atom stereocenters. The lowest BCUT2D eigenvalue weighted by atomic mass is 9.96. The molecule has 1 rings (SSSR count). The highest BCUT2D eigenvalue weighted by atomic mass is 79.9. The molecular weight excluding hydrogens is 342 g/mol. The van der Waals surface area contributed by atoms with Gasteiger partial charge in [0.1, 0.15) is 0 Å². The number of halogens is 7. The lowest BCUT2D eigenvalue weighted by molar-refractivity contribution is -0.162. The van der Waals surface area contributed by atoms with Crippen LogP contribution in [0, 0.1) is 0 Å². The highest BCUT2D eigenvalue weighted by molar-refractivity contribution is 9.09. The summed E-state index contributed by atoms with van der Waals surface area (Å²) in [7, 11) is 0. The van der Waals surface area contributed by atoms with Crippen LogP contribution >= 0.6 is 15.9 Å². The number of alkyl halides is 7. The molecule has 0 fully saturated rings. The van der Waals surface area contributed by atoms with Crippen molar-refractivity contribution in [1.82, 2.24) is 0 Å². The number of carbonyl (C=O) groups excluding carboxylic acids is 1. The summed E-state index contributed by atoms with van der Waals surface area (Å²) in [6, 6.07) is 1.86. The maximum atomic E-state index is 12.8. The van der Waals surface area contributed by atoms with Crippen LogP contribution in [0.5, 0.6) is 0 Å². The van der Waals surface area contributed by atoms with Crippen molar-refractivity contribution < 1.29 is 31.1 Å². The van der Waals surface area contributed by atoms with Gasteiger partial charge in [0, 0.05) is 17.3 Å². The van der Waals surface area contributed by atoms with Crippen molar-refractivity contribution in [2.24, 2.45) is 0 Å². The highest BCUT2D eigenvalue weighted by Gasteiger charge is 2.45. The Bertz CT molecular complexity index is 477. The van der Waals surface area contributed by atoms with E-state index in [-0.39, 0.29) is 11.8 Å². The molecule has 0 aliphatic rings. The Morgan fingerprint density at radius 3 is 2.05 bits per heavy atom. The molecule has 1 aromatic rings. The lowest BCUT2D eigenvalue weighted by Crippen LogP contribution is -2.21. The summed E-state index contributed by atoms with van der Waals surface area (Å²) >= 11 is 2.86. The largest absolute Gasteiger partial charge is 0.417 e. The monoisotopic (exact) mass is 348 g/mol. The Labute approximate surface area is 112 Å². The zero-order valence-electron chi connectivity index (χ0n) is 9.20. The van der Waals surface area contributed by atoms with Crippen LogP contribution < -0.4 is 0 Å². The molecule has 0 spiro atoms. The molecule has 0 heterocycles. The first-order valence-corrected chi connectivity index (χ1v) is 6.07. The second-order valence-electron chi connectivity index (χ2n) is 3.59. The summed E-state index contributed by atoms with van der Waals surface area (Å²) in [5, 5.41) is 0.0688. The smallest absolute Gasteiger partial charge is 0.294 e. The van der Waals surface area contributed by atoms with Crippen molar-refractivity contribution >= 4 is 21.7 Å². The van der Waals surface area contributed by atoms with Crippen LogP contribution in [0.4, 0.5) is 26.3 Å². The van der Waals surface area contributed by atoms with Gasteiger partial charge in [0.05, 0.1) is 11.1 Å². The van der Waals surface area contributed by atoms with Gasteiger partial charge in [-0.25, -0.2) is 0 Å². The molecule has 0 unspecified atom stereocenters. The minimum Gasteiger partial charge on any atom is -0.294 e. The van der Waals surface area contributed by atoms with Crippen molar-refractivity contribution in [3.8, 4) is 0 Å². The summed E-state index contributed by atoms with van der Waals surface area (Å²) in [6.07, 6.45) is -10.7. The molecule has 0 radical (unpaired) electrons. The van der Waals surface area contributed by atoms with E-state index in [0.29, 0.717) is 6.07 Å². The Morgan fingerprint density at radius 2 is 1.63 bits per heavy atom. The van der Waals surface area contributed by atoms with E-state index in [9.17, 15) is 31.1 Å². The molecule has 0 N–H and O–H groups in total. The minimum absolute atomic E-state index is 0.0688. The van der Waals surface area contributed by atoms with E-state index in [1.54, 1.807) is 0 Å². The van der Waals surface area contributed by atoms with E-state index in [1.807, 2.05) is 0 Å². The Kier molecular flexibility index (Phi) is 4.65. The summed E-state index contributed by atoms with van der Waals surface area (Å²) in [4.78, 5) is 11.5. The van der Waals surface area contributed by atoms with Crippen LogP contribution in [0.3, 0.4) is 0 Å². The maximum absolute atomic E-state index is 12.8. The lowest BCUT2D eigenvalue weighted by Gasteiger charge is -2.18. The van der Waals surface area contributed by atoms with Crippen LogP contribution in [-0.4, -0.2) is 11.1 Å².